The average molecular weight is 647 g/mol. The largest absolute Gasteiger partial charge is 0.444 e. The number of rotatable bonds is 4. The number of halogens is 1. The molecule has 0 bridgehead atoms. The van der Waals surface area contributed by atoms with Crippen LogP contribution >= 0.6 is 34.2 Å². The van der Waals surface area contributed by atoms with E-state index in [-0.39, 0.29) is 9.22 Å². The van der Waals surface area contributed by atoms with E-state index in [1.54, 1.807) is 57.5 Å². The quantitative estimate of drug-likeness (QED) is 0.315. The maximum Gasteiger partial charge on any atom is 0.444 e. The Hall–Kier alpha value is -1.77. The highest BCUT2D eigenvalue weighted by molar-refractivity contribution is 14.1. The number of nitrogens with one attached hydrogen (secondary N) is 1. The third-order valence-corrected chi connectivity index (χ3v) is 11.6. The molecule has 1 heterocycles. The maximum absolute atomic E-state index is 14.3. The number of carbonyl (C=O) groups is 2. The van der Waals surface area contributed by atoms with Crippen molar-refractivity contribution in [3.8, 4) is 0 Å². The number of nitrogens with zero attached hydrogens (tertiary/aromatic N) is 3. The zero-order chi connectivity index (χ0) is 26.5. The number of thiazole rings is 1. The van der Waals surface area contributed by atoms with E-state index in [1.165, 1.54) is 17.3 Å². The molecule has 0 spiro atoms. The first-order valence-corrected chi connectivity index (χ1v) is 15.1. The molecule has 3 amide bonds. The summed E-state index contributed by atoms with van der Waals surface area (Å²) in [4.78, 5) is 30.4. The number of carbonyl (C=O) groups excluding carboxylic acids is 2. The number of amides is 3. The molecule has 0 saturated heterocycles. The van der Waals surface area contributed by atoms with Crippen molar-refractivity contribution in [1.29, 1.82) is 0 Å². The monoisotopic (exact) mass is 646 g/mol. The molecule has 2 aliphatic rings. The molecule has 0 radical (unpaired) electrons. The molecular formula is C24H31IN4O5S2. The van der Waals surface area contributed by atoms with E-state index in [4.69, 9.17) is 4.74 Å². The van der Waals surface area contributed by atoms with Crippen LogP contribution in [0.15, 0.2) is 20.8 Å². The first kappa shape index (κ1) is 27.3. The van der Waals surface area contributed by atoms with Crippen LogP contribution < -0.4 is 5.32 Å². The molecule has 1 aromatic carbocycles. The fourth-order valence-corrected chi connectivity index (χ4v) is 8.54. The molecule has 12 heteroatoms. The number of ether oxygens (including phenoxy) is 1. The van der Waals surface area contributed by atoms with Crippen LogP contribution in [0, 0.1) is 0 Å². The smallest absolute Gasteiger partial charge is 0.442 e. The molecule has 2 N–H and O–H groups in total. The zero-order valence-corrected chi connectivity index (χ0v) is 24.8. The average Bonchev–Trinajstić information content (AvgIpc) is 3.50. The molecule has 1 atom stereocenters. The molecule has 1 aromatic heterocycles. The van der Waals surface area contributed by atoms with Crippen molar-refractivity contribution >= 4 is 61.9 Å². The van der Waals surface area contributed by atoms with Gasteiger partial charge in [-0.1, -0.05) is 10.4 Å². The van der Waals surface area contributed by atoms with E-state index in [2.05, 4.69) is 20.7 Å². The number of aromatic nitrogens is 1. The molecule has 4 rings (SSSR count). The molecule has 196 valence electrons. The summed E-state index contributed by atoms with van der Waals surface area (Å²) in [5, 5.41) is 13.6. The van der Waals surface area contributed by atoms with Crippen LogP contribution in [0.25, 0.3) is 0 Å². The Morgan fingerprint density at radius 2 is 1.72 bits per heavy atom. The first-order chi connectivity index (χ1) is 16.7. The van der Waals surface area contributed by atoms with Gasteiger partial charge < -0.3 is 15.2 Å². The van der Waals surface area contributed by atoms with Gasteiger partial charge in [-0.15, -0.1) is 11.3 Å². The van der Waals surface area contributed by atoms with Gasteiger partial charge in [0, 0.05) is 5.69 Å². The number of aliphatic hydroxyl groups is 1. The number of benzene rings is 1. The summed E-state index contributed by atoms with van der Waals surface area (Å²) in [5.41, 5.74) is 3.40. The number of anilines is 1. The van der Waals surface area contributed by atoms with Crippen LogP contribution in [0.1, 0.15) is 74.7 Å². The molecule has 9 nitrogen and oxygen atoms in total. The predicted octanol–water partition coefficient (Wildman–Crippen LogP) is 5.91. The molecule has 2 aliphatic carbocycles. The zero-order valence-electron chi connectivity index (χ0n) is 21.0. The van der Waals surface area contributed by atoms with Gasteiger partial charge in [0.15, 0.2) is 9.92 Å². The van der Waals surface area contributed by atoms with Crippen molar-refractivity contribution in [2.24, 2.45) is 4.36 Å². The Kier molecular flexibility index (Phi) is 7.45. The lowest BCUT2D eigenvalue weighted by atomic mass is 9.99. The second-order valence-corrected chi connectivity index (χ2v) is 15.4. The molecule has 0 fully saturated rings. The van der Waals surface area contributed by atoms with Crippen molar-refractivity contribution in [2.75, 3.05) is 5.32 Å². The van der Waals surface area contributed by atoms with Crippen LogP contribution in [-0.2, 0) is 45.9 Å². The summed E-state index contributed by atoms with van der Waals surface area (Å²) in [6, 6.07) is 1.61. The summed E-state index contributed by atoms with van der Waals surface area (Å²) in [6.07, 6.45) is 5.99. The van der Waals surface area contributed by atoms with Crippen molar-refractivity contribution in [3.63, 3.8) is 0 Å². The number of urea groups is 1. The lowest BCUT2D eigenvalue weighted by Crippen LogP contribution is -2.33. The first-order valence-electron chi connectivity index (χ1n) is 11.8. The Bertz CT molecular complexity index is 1300. The van der Waals surface area contributed by atoms with Gasteiger partial charge in [-0.25, -0.2) is 18.8 Å². The van der Waals surface area contributed by atoms with Gasteiger partial charge in [0.2, 0.25) is 0 Å². The van der Waals surface area contributed by atoms with Crippen molar-refractivity contribution < 1.29 is 23.6 Å². The van der Waals surface area contributed by atoms with Gasteiger partial charge >= 0.3 is 12.1 Å². The topological polar surface area (TPSA) is 121 Å². The molecule has 36 heavy (non-hydrogen) atoms. The van der Waals surface area contributed by atoms with Crippen molar-refractivity contribution in [1.82, 2.24) is 7.50 Å². The Morgan fingerprint density at radius 1 is 1.14 bits per heavy atom. The van der Waals surface area contributed by atoms with Crippen molar-refractivity contribution in [3.05, 3.63) is 39.5 Å². The number of hydrogen-bond acceptors (Lipinski definition) is 7. The van der Waals surface area contributed by atoms with E-state index in [0.29, 0.717) is 0 Å². The van der Waals surface area contributed by atoms with E-state index < -0.39 is 33.2 Å². The van der Waals surface area contributed by atoms with Crippen LogP contribution in [-0.4, -0.2) is 34.5 Å². The second-order valence-electron chi connectivity index (χ2n) is 10.5. The molecular weight excluding hydrogens is 615 g/mol. The third kappa shape index (κ3) is 5.55. The number of fused-ring (bicyclic) bond motifs is 2. The van der Waals surface area contributed by atoms with Gasteiger partial charge in [0.05, 0.1) is 29.1 Å². The highest BCUT2D eigenvalue weighted by atomic mass is 127. The van der Waals surface area contributed by atoms with E-state index >= 15 is 0 Å². The normalized spacial score (nSPS) is 16.6. The minimum Gasteiger partial charge on any atom is -0.442 e. The van der Waals surface area contributed by atoms with Gasteiger partial charge in [-0.05, 0) is 95.4 Å². The fourth-order valence-electron chi connectivity index (χ4n) is 4.44. The molecule has 0 saturated carbocycles. The number of aryl methyl sites for hydroxylation is 2. The summed E-state index contributed by atoms with van der Waals surface area (Å²) >= 11 is 2.57. The molecule has 0 aliphatic heterocycles. The Morgan fingerprint density at radius 3 is 2.22 bits per heavy atom. The van der Waals surface area contributed by atoms with E-state index in [1.807, 2.05) is 0 Å². The SMILES string of the molecule is CC(C)(C)OC(=O)N=[S@](=O)(c1cnc(C(C)(C)O)s1)N(I)C(=O)Nc1c2c(cc3c1CCC3)CCC2. The molecule has 2 aromatic rings. The van der Waals surface area contributed by atoms with Gasteiger partial charge in [-0.3, -0.25) is 0 Å². The van der Waals surface area contributed by atoms with Gasteiger partial charge in [-0.2, -0.15) is 2.52 Å². The van der Waals surface area contributed by atoms with Gasteiger partial charge in [0.1, 0.15) is 20.4 Å². The van der Waals surface area contributed by atoms with Crippen LogP contribution in [0.5, 0.6) is 0 Å². The summed E-state index contributed by atoms with van der Waals surface area (Å²) in [5.74, 6) is 0. The minimum atomic E-state index is -3.80. The lowest BCUT2D eigenvalue weighted by Gasteiger charge is -2.22. The highest BCUT2D eigenvalue weighted by Crippen LogP contribution is 2.39. The summed E-state index contributed by atoms with van der Waals surface area (Å²) < 4.78 is 24.5. The Labute approximate surface area is 229 Å². The van der Waals surface area contributed by atoms with Crippen LogP contribution in [0.4, 0.5) is 15.3 Å². The minimum absolute atomic E-state index is 0.0681. The maximum atomic E-state index is 14.3. The van der Waals surface area contributed by atoms with E-state index in [9.17, 15) is 18.9 Å². The fraction of sp³-hybridized carbons (Fsp3) is 0.542. The van der Waals surface area contributed by atoms with E-state index in [0.717, 1.165) is 69.2 Å². The Balaban J connectivity index is 1.74. The molecule has 0 unspecified atom stereocenters. The highest BCUT2D eigenvalue weighted by Gasteiger charge is 2.34. The predicted molar refractivity (Wildman–Crippen MR) is 148 cm³/mol. The third-order valence-electron chi connectivity index (χ3n) is 5.94. The van der Waals surface area contributed by atoms with Crippen LogP contribution in [0.2, 0.25) is 0 Å². The van der Waals surface area contributed by atoms with Crippen molar-refractivity contribution in [2.45, 2.75) is 88.6 Å². The lowest BCUT2D eigenvalue weighted by molar-refractivity contribution is 0.0607. The standard InChI is InChI=1S/C24H31IN4O5S2/c1-23(2,3)34-22(31)28-36(33,18-13-26-20(35-18)24(4,5)32)29(25)21(30)27-19-16-10-6-8-14(16)12-15-9-7-11-17(15)19/h12-13,32H,6-11H2,1-5H3,(H,27,30)/t36-/m1/s1. The summed E-state index contributed by atoms with van der Waals surface area (Å²) in [6.45, 7) is 8.12. The van der Waals surface area contributed by atoms with Crippen LogP contribution in [0.3, 0.4) is 0 Å². The van der Waals surface area contributed by atoms with Gasteiger partial charge in [0.25, 0.3) is 0 Å². The number of hydrogen-bond donors (Lipinski definition) is 2. The summed E-state index contributed by atoms with van der Waals surface area (Å²) in [7, 11) is -3.80. The second kappa shape index (κ2) is 9.84.